The number of carbonyl (C=O) groups excluding carboxylic acids is 1. The SMILES string of the molecule is CCC(C)[C@H]1C(=O)N(Cc2ccccc2)CCN1S(=O)(=O)c1ccc(C)cc1. The highest BCUT2D eigenvalue weighted by Crippen LogP contribution is 2.28. The Balaban J connectivity index is 1.90. The van der Waals surface area contributed by atoms with Crippen molar-refractivity contribution in [1.82, 2.24) is 9.21 Å². The lowest BCUT2D eigenvalue weighted by Gasteiger charge is -2.42. The number of hydrogen-bond donors (Lipinski definition) is 0. The van der Waals surface area contributed by atoms with E-state index in [-0.39, 0.29) is 16.7 Å². The molecule has 0 saturated carbocycles. The van der Waals surface area contributed by atoms with Gasteiger partial charge in [-0.05, 0) is 30.5 Å². The van der Waals surface area contributed by atoms with Gasteiger partial charge in [0.05, 0.1) is 4.90 Å². The van der Waals surface area contributed by atoms with Crippen LogP contribution in [0.15, 0.2) is 59.5 Å². The highest BCUT2D eigenvalue weighted by Gasteiger charge is 2.43. The summed E-state index contributed by atoms with van der Waals surface area (Å²) in [5.74, 6) is -0.175. The largest absolute Gasteiger partial charge is 0.336 e. The second-order valence-electron chi connectivity index (χ2n) is 7.50. The minimum Gasteiger partial charge on any atom is -0.336 e. The molecule has 5 nitrogen and oxygen atoms in total. The number of benzene rings is 2. The van der Waals surface area contributed by atoms with Gasteiger partial charge in [-0.3, -0.25) is 4.79 Å². The van der Waals surface area contributed by atoms with Gasteiger partial charge in [-0.15, -0.1) is 0 Å². The summed E-state index contributed by atoms with van der Waals surface area (Å²) in [7, 11) is -3.73. The van der Waals surface area contributed by atoms with Crippen molar-refractivity contribution in [2.24, 2.45) is 5.92 Å². The lowest BCUT2D eigenvalue weighted by Crippen LogP contribution is -2.60. The molecule has 1 saturated heterocycles. The van der Waals surface area contributed by atoms with Crippen LogP contribution in [0.5, 0.6) is 0 Å². The van der Waals surface area contributed by atoms with Gasteiger partial charge in [0.1, 0.15) is 6.04 Å². The quantitative estimate of drug-likeness (QED) is 0.746. The van der Waals surface area contributed by atoms with E-state index in [1.165, 1.54) is 4.31 Å². The Morgan fingerprint density at radius 2 is 1.68 bits per heavy atom. The minimum atomic E-state index is -3.73. The molecular formula is C22H28N2O3S. The molecule has 1 unspecified atom stereocenters. The molecule has 1 heterocycles. The van der Waals surface area contributed by atoms with Crippen LogP contribution in [-0.4, -0.2) is 42.7 Å². The van der Waals surface area contributed by atoms with E-state index in [0.717, 1.165) is 17.5 Å². The molecule has 0 spiro atoms. The first-order chi connectivity index (χ1) is 13.3. The Labute approximate surface area is 168 Å². The monoisotopic (exact) mass is 400 g/mol. The number of piperazine rings is 1. The average molecular weight is 401 g/mol. The van der Waals surface area contributed by atoms with E-state index in [4.69, 9.17) is 0 Å². The fourth-order valence-electron chi connectivity index (χ4n) is 3.61. The molecule has 0 radical (unpaired) electrons. The summed E-state index contributed by atoms with van der Waals surface area (Å²) in [6.45, 7) is 7.07. The van der Waals surface area contributed by atoms with Crippen LogP contribution in [0.25, 0.3) is 0 Å². The number of aryl methyl sites for hydroxylation is 1. The summed E-state index contributed by atoms with van der Waals surface area (Å²) in [5.41, 5.74) is 2.05. The molecule has 1 fully saturated rings. The fourth-order valence-corrected chi connectivity index (χ4v) is 5.28. The minimum absolute atomic E-state index is 0.0636. The molecule has 1 amide bonds. The zero-order chi connectivity index (χ0) is 20.3. The summed E-state index contributed by atoms with van der Waals surface area (Å²) < 4.78 is 28.0. The first kappa shape index (κ1) is 20.6. The van der Waals surface area contributed by atoms with Crippen LogP contribution in [-0.2, 0) is 21.4 Å². The van der Waals surface area contributed by atoms with Crippen molar-refractivity contribution in [2.45, 2.75) is 44.7 Å². The van der Waals surface area contributed by atoms with Gasteiger partial charge in [0.2, 0.25) is 15.9 Å². The molecule has 2 aromatic rings. The molecule has 0 aliphatic carbocycles. The summed E-state index contributed by atoms with van der Waals surface area (Å²) in [6, 6.07) is 16.0. The van der Waals surface area contributed by atoms with Crippen molar-refractivity contribution in [3.8, 4) is 0 Å². The number of amides is 1. The Morgan fingerprint density at radius 1 is 1.04 bits per heavy atom. The molecule has 0 bridgehead atoms. The van der Waals surface area contributed by atoms with Crippen molar-refractivity contribution < 1.29 is 13.2 Å². The Bertz CT molecular complexity index is 911. The smallest absolute Gasteiger partial charge is 0.243 e. The summed E-state index contributed by atoms with van der Waals surface area (Å²) in [4.78, 5) is 15.3. The standard InChI is InChI=1S/C22H28N2O3S/c1-4-18(3)21-22(25)23(16-19-8-6-5-7-9-19)14-15-24(21)28(26,27)20-12-10-17(2)11-13-20/h5-13,18,21H,4,14-16H2,1-3H3/t18?,21-/m0/s1. The third-order valence-corrected chi connectivity index (χ3v) is 7.39. The maximum atomic E-state index is 13.3. The van der Waals surface area contributed by atoms with Crippen molar-refractivity contribution >= 4 is 15.9 Å². The summed E-state index contributed by atoms with van der Waals surface area (Å²) >= 11 is 0. The summed E-state index contributed by atoms with van der Waals surface area (Å²) in [5, 5.41) is 0. The molecular weight excluding hydrogens is 372 g/mol. The molecule has 2 atom stereocenters. The number of sulfonamides is 1. The first-order valence-corrected chi connectivity index (χ1v) is 11.2. The van der Waals surface area contributed by atoms with E-state index in [1.807, 2.05) is 51.1 Å². The van der Waals surface area contributed by atoms with Crippen LogP contribution >= 0.6 is 0 Å². The third-order valence-electron chi connectivity index (χ3n) is 5.49. The van der Waals surface area contributed by atoms with Crippen LogP contribution in [0.2, 0.25) is 0 Å². The molecule has 150 valence electrons. The number of rotatable bonds is 6. The molecule has 1 aliphatic rings. The predicted molar refractivity (Wildman–Crippen MR) is 110 cm³/mol. The van der Waals surface area contributed by atoms with E-state index in [9.17, 15) is 13.2 Å². The highest BCUT2D eigenvalue weighted by atomic mass is 32.2. The second-order valence-corrected chi connectivity index (χ2v) is 9.40. The van der Waals surface area contributed by atoms with Gasteiger partial charge in [-0.25, -0.2) is 8.42 Å². The van der Waals surface area contributed by atoms with Gasteiger partial charge in [-0.1, -0.05) is 68.3 Å². The number of hydrogen-bond acceptors (Lipinski definition) is 3. The van der Waals surface area contributed by atoms with E-state index >= 15 is 0 Å². The van der Waals surface area contributed by atoms with Crippen LogP contribution < -0.4 is 0 Å². The Morgan fingerprint density at radius 3 is 2.29 bits per heavy atom. The van der Waals surface area contributed by atoms with Crippen molar-refractivity contribution in [3.05, 3.63) is 65.7 Å². The molecule has 1 aliphatic heterocycles. The predicted octanol–water partition coefficient (Wildman–Crippen LogP) is 3.44. The molecule has 0 N–H and O–H groups in total. The van der Waals surface area contributed by atoms with Crippen LogP contribution in [0, 0.1) is 12.8 Å². The van der Waals surface area contributed by atoms with Crippen molar-refractivity contribution in [3.63, 3.8) is 0 Å². The van der Waals surface area contributed by atoms with Gasteiger partial charge >= 0.3 is 0 Å². The van der Waals surface area contributed by atoms with Gasteiger partial charge in [0.25, 0.3) is 0 Å². The van der Waals surface area contributed by atoms with Crippen LogP contribution in [0.3, 0.4) is 0 Å². The zero-order valence-electron chi connectivity index (χ0n) is 16.7. The van der Waals surface area contributed by atoms with E-state index in [2.05, 4.69) is 0 Å². The molecule has 3 rings (SSSR count). The van der Waals surface area contributed by atoms with Crippen molar-refractivity contribution in [1.29, 1.82) is 0 Å². The molecule has 6 heteroatoms. The lowest BCUT2D eigenvalue weighted by molar-refractivity contribution is -0.141. The zero-order valence-corrected chi connectivity index (χ0v) is 17.5. The van der Waals surface area contributed by atoms with Gasteiger partial charge < -0.3 is 4.90 Å². The third kappa shape index (κ3) is 4.13. The highest BCUT2D eigenvalue weighted by molar-refractivity contribution is 7.89. The lowest BCUT2D eigenvalue weighted by atomic mass is 9.96. The Kier molecular flexibility index (Phi) is 6.20. The maximum Gasteiger partial charge on any atom is 0.243 e. The topological polar surface area (TPSA) is 57.7 Å². The number of nitrogens with zero attached hydrogens (tertiary/aromatic N) is 2. The molecule has 2 aromatic carbocycles. The van der Waals surface area contributed by atoms with Crippen LogP contribution in [0.1, 0.15) is 31.4 Å². The first-order valence-electron chi connectivity index (χ1n) is 9.75. The van der Waals surface area contributed by atoms with Crippen molar-refractivity contribution in [2.75, 3.05) is 13.1 Å². The normalized spacial score (nSPS) is 19.6. The average Bonchev–Trinajstić information content (AvgIpc) is 2.69. The fraction of sp³-hybridized carbons (Fsp3) is 0.409. The van der Waals surface area contributed by atoms with E-state index < -0.39 is 16.1 Å². The summed E-state index contributed by atoms with van der Waals surface area (Å²) in [6.07, 6.45) is 0.732. The van der Waals surface area contributed by atoms with Crippen LogP contribution in [0.4, 0.5) is 0 Å². The Hall–Kier alpha value is -2.18. The maximum absolute atomic E-state index is 13.3. The molecule has 28 heavy (non-hydrogen) atoms. The number of carbonyl (C=O) groups is 1. The van der Waals surface area contributed by atoms with Gasteiger partial charge in [0.15, 0.2) is 0 Å². The van der Waals surface area contributed by atoms with E-state index in [0.29, 0.717) is 19.6 Å². The van der Waals surface area contributed by atoms with Gasteiger partial charge in [0, 0.05) is 19.6 Å². The molecule has 0 aromatic heterocycles. The second kappa shape index (κ2) is 8.45. The van der Waals surface area contributed by atoms with Gasteiger partial charge in [-0.2, -0.15) is 4.31 Å². The van der Waals surface area contributed by atoms with E-state index in [1.54, 1.807) is 29.2 Å².